The van der Waals surface area contributed by atoms with Crippen LogP contribution in [-0.4, -0.2) is 19.0 Å². The van der Waals surface area contributed by atoms with E-state index in [2.05, 4.69) is 27.7 Å². The highest BCUT2D eigenvalue weighted by Gasteiger charge is 2.50. The molecule has 0 spiro atoms. The topological polar surface area (TPSA) is 52.6 Å². The van der Waals surface area contributed by atoms with Crippen molar-refractivity contribution in [2.75, 3.05) is 7.11 Å². The number of carbonyl (C=O) groups excluding carboxylic acids is 2. The molecule has 0 radical (unpaired) electrons. The molecule has 0 amide bonds. The van der Waals surface area contributed by atoms with Crippen molar-refractivity contribution in [1.82, 2.24) is 0 Å². The molecule has 1 saturated carbocycles. The van der Waals surface area contributed by atoms with Gasteiger partial charge in [0.15, 0.2) is 0 Å². The fourth-order valence-electron chi connectivity index (χ4n) is 5.85. The Morgan fingerprint density at radius 1 is 1.14 bits per heavy atom. The van der Waals surface area contributed by atoms with Gasteiger partial charge < -0.3 is 9.47 Å². The third kappa shape index (κ3) is 4.26. The molecular formula is C25H34O4. The van der Waals surface area contributed by atoms with Crippen LogP contribution in [0.4, 0.5) is 0 Å². The number of carbonyl (C=O) groups is 2. The lowest BCUT2D eigenvalue weighted by Crippen LogP contribution is -2.46. The highest BCUT2D eigenvalue weighted by Crippen LogP contribution is 2.60. The van der Waals surface area contributed by atoms with Gasteiger partial charge in [-0.1, -0.05) is 68.7 Å². The van der Waals surface area contributed by atoms with Gasteiger partial charge >= 0.3 is 11.9 Å². The number of ether oxygens (including phenoxy) is 2. The molecule has 1 fully saturated rings. The summed E-state index contributed by atoms with van der Waals surface area (Å²) in [6.45, 7) is 9.22. The molecule has 29 heavy (non-hydrogen) atoms. The van der Waals surface area contributed by atoms with Crippen LogP contribution >= 0.6 is 0 Å². The minimum Gasteiger partial charge on any atom is -0.466 e. The highest BCUT2D eigenvalue weighted by atomic mass is 16.6. The van der Waals surface area contributed by atoms with Crippen molar-refractivity contribution in [2.24, 2.45) is 16.7 Å². The van der Waals surface area contributed by atoms with E-state index in [1.54, 1.807) is 12.1 Å². The molecule has 0 aromatic heterocycles. The van der Waals surface area contributed by atoms with Crippen molar-refractivity contribution in [2.45, 2.75) is 72.3 Å². The lowest BCUT2D eigenvalue weighted by atomic mass is 9.50. The maximum absolute atomic E-state index is 13.0. The fraction of sp³-hybridized carbons (Fsp3) is 0.600. The van der Waals surface area contributed by atoms with Crippen molar-refractivity contribution >= 4 is 11.9 Å². The molecular weight excluding hydrogens is 364 g/mol. The number of benzene rings is 1. The average Bonchev–Trinajstić information content (AvgIpc) is 2.68. The third-order valence-electron chi connectivity index (χ3n) is 7.33. The second-order valence-electron chi connectivity index (χ2n) is 9.59. The predicted octanol–water partition coefficient (Wildman–Crippen LogP) is 5.78. The minimum absolute atomic E-state index is 0.0244. The zero-order valence-electron chi connectivity index (χ0n) is 18.4. The molecule has 4 heteroatoms. The fourth-order valence-corrected chi connectivity index (χ4v) is 5.85. The number of allylic oxidation sites excluding steroid dienone is 1. The maximum atomic E-state index is 13.0. The van der Waals surface area contributed by atoms with Gasteiger partial charge in [0, 0.05) is 5.56 Å². The van der Waals surface area contributed by atoms with Crippen LogP contribution in [0.5, 0.6) is 0 Å². The second-order valence-corrected chi connectivity index (χ2v) is 9.59. The summed E-state index contributed by atoms with van der Waals surface area (Å²) < 4.78 is 10.6. The third-order valence-corrected chi connectivity index (χ3v) is 7.33. The molecule has 3 rings (SSSR count). The standard InChI is InChI=1S/C25H34O4/c1-17-12-13-20-24(2,3)14-9-15-25(20,4)19(17)16-21(26)29-22(23(27)28-5)18-10-7-6-8-11-18/h6-8,10-11,20,22H,9,12-16H2,1-5H3. The lowest BCUT2D eigenvalue weighted by Gasteiger charge is -2.55. The molecule has 0 heterocycles. The summed E-state index contributed by atoms with van der Waals surface area (Å²) in [6, 6.07) is 9.06. The Bertz CT molecular complexity index is 792. The van der Waals surface area contributed by atoms with E-state index in [-0.39, 0.29) is 23.2 Å². The molecule has 2 aliphatic carbocycles. The molecule has 3 unspecified atom stereocenters. The van der Waals surface area contributed by atoms with E-state index in [1.807, 2.05) is 18.2 Å². The summed E-state index contributed by atoms with van der Waals surface area (Å²) in [5, 5.41) is 0. The predicted molar refractivity (Wildman–Crippen MR) is 113 cm³/mol. The first kappa shape index (κ1) is 21.6. The van der Waals surface area contributed by atoms with E-state index in [1.165, 1.54) is 37.5 Å². The van der Waals surface area contributed by atoms with Crippen molar-refractivity contribution in [1.29, 1.82) is 0 Å². The highest BCUT2D eigenvalue weighted by molar-refractivity contribution is 5.81. The van der Waals surface area contributed by atoms with Crippen molar-refractivity contribution in [3.05, 3.63) is 47.0 Å². The quantitative estimate of drug-likeness (QED) is 0.466. The number of hydrogen-bond acceptors (Lipinski definition) is 4. The molecule has 3 atom stereocenters. The Kier molecular flexibility index (Phi) is 6.21. The van der Waals surface area contributed by atoms with Gasteiger partial charge in [-0.2, -0.15) is 0 Å². The van der Waals surface area contributed by atoms with E-state index in [4.69, 9.17) is 9.47 Å². The molecule has 0 saturated heterocycles. The molecule has 0 bridgehead atoms. The zero-order valence-corrected chi connectivity index (χ0v) is 18.4. The van der Waals surface area contributed by atoms with Gasteiger partial charge in [0.1, 0.15) is 0 Å². The van der Waals surface area contributed by atoms with Crippen LogP contribution < -0.4 is 0 Å². The summed E-state index contributed by atoms with van der Waals surface area (Å²) in [6.07, 6.45) is 4.97. The number of rotatable bonds is 5. The SMILES string of the molecule is COC(=O)C(OC(=O)CC1=C(C)CCC2C(C)(C)CCCC12C)c1ccccc1. The van der Waals surface area contributed by atoms with Crippen LogP contribution in [0.2, 0.25) is 0 Å². The summed E-state index contributed by atoms with van der Waals surface area (Å²) >= 11 is 0. The zero-order chi connectivity index (χ0) is 21.2. The summed E-state index contributed by atoms with van der Waals surface area (Å²) in [5.74, 6) is -0.341. The molecule has 2 aliphatic rings. The number of hydrogen-bond donors (Lipinski definition) is 0. The number of methoxy groups -OCH3 is 1. The van der Waals surface area contributed by atoms with Gasteiger partial charge in [0.2, 0.25) is 6.10 Å². The molecule has 0 N–H and O–H groups in total. The van der Waals surface area contributed by atoms with Crippen LogP contribution in [0.1, 0.15) is 77.9 Å². The number of fused-ring (bicyclic) bond motifs is 1. The van der Waals surface area contributed by atoms with E-state index < -0.39 is 12.1 Å². The van der Waals surface area contributed by atoms with Crippen molar-refractivity contribution < 1.29 is 19.1 Å². The van der Waals surface area contributed by atoms with Gasteiger partial charge in [0.05, 0.1) is 13.5 Å². The Morgan fingerprint density at radius 2 is 1.83 bits per heavy atom. The smallest absolute Gasteiger partial charge is 0.351 e. The Hall–Kier alpha value is -2.10. The molecule has 0 aliphatic heterocycles. The van der Waals surface area contributed by atoms with Crippen molar-refractivity contribution in [3.63, 3.8) is 0 Å². The summed E-state index contributed by atoms with van der Waals surface area (Å²) in [4.78, 5) is 25.2. The van der Waals surface area contributed by atoms with Crippen LogP contribution in [0.15, 0.2) is 41.5 Å². The first-order valence-corrected chi connectivity index (χ1v) is 10.7. The number of esters is 2. The minimum atomic E-state index is -1.02. The van der Waals surface area contributed by atoms with Crippen LogP contribution in [-0.2, 0) is 19.1 Å². The Morgan fingerprint density at radius 3 is 2.48 bits per heavy atom. The van der Waals surface area contributed by atoms with Crippen LogP contribution in [0.3, 0.4) is 0 Å². The van der Waals surface area contributed by atoms with Gasteiger partial charge in [-0.05, 0) is 49.4 Å². The van der Waals surface area contributed by atoms with Crippen LogP contribution in [0, 0.1) is 16.7 Å². The lowest BCUT2D eigenvalue weighted by molar-refractivity contribution is -0.166. The van der Waals surface area contributed by atoms with Gasteiger partial charge in [-0.15, -0.1) is 0 Å². The molecule has 1 aromatic rings. The van der Waals surface area contributed by atoms with E-state index in [9.17, 15) is 9.59 Å². The summed E-state index contributed by atoms with van der Waals surface area (Å²) in [5.41, 5.74) is 3.47. The first-order chi connectivity index (χ1) is 13.7. The largest absolute Gasteiger partial charge is 0.466 e. The Labute approximate surface area is 174 Å². The van der Waals surface area contributed by atoms with E-state index in [0.29, 0.717) is 11.5 Å². The van der Waals surface area contributed by atoms with Gasteiger partial charge in [0.25, 0.3) is 0 Å². The Balaban J connectivity index is 1.82. The van der Waals surface area contributed by atoms with E-state index in [0.717, 1.165) is 12.8 Å². The average molecular weight is 399 g/mol. The summed E-state index contributed by atoms with van der Waals surface area (Å²) in [7, 11) is 1.32. The second kappa shape index (κ2) is 8.33. The molecule has 4 nitrogen and oxygen atoms in total. The van der Waals surface area contributed by atoms with Gasteiger partial charge in [-0.3, -0.25) is 4.79 Å². The molecule has 158 valence electrons. The monoisotopic (exact) mass is 398 g/mol. The van der Waals surface area contributed by atoms with Crippen LogP contribution in [0.25, 0.3) is 0 Å². The van der Waals surface area contributed by atoms with Gasteiger partial charge in [-0.25, -0.2) is 4.79 Å². The van der Waals surface area contributed by atoms with E-state index >= 15 is 0 Å². The maximum Gasteiger partial charge on any atom is 0.351 e. The molecule has 1 aromatic carbocycles. The first-order valence-electron chi connectivity index (χ1n) is 10.7. The normalized spacial score (nSPS) is 27.0. The van der Waals surface area contributed by atoms with Crippen molar-refractivity contribution in [3.8, 4) is 0 Å².